The van der Waals surface area contributed by atoms with E-state index in [9.17, 15) is 4.39 Å². The minimum Gasteiger partial charge on any atom is -0.250 e. The smallest absolute Gasteiger partial charge is 0.216 e. The molecule has 0 unspecified atom stereocenters. The van der Waals surface area contributed by atoms with Crippen LogP contribution in [0.25, 0.3) is 0 Å². The summed E-state index contributed by atoms with van der Waals surface area (Å²) >= 11 is 4.98. The topological polar surface area (TPSA) is 46.0 Å². The van der Waals surface area contributed by atoms with Crippen LogP contribution in [-0.4, -0.2) is 21.1 Å². The summed E-state index contributed by atoms with van der Waals surface area (Å²) in [4.78, 5) is 0. The number of rotatable bonds is 2. The second-order valence-corrected chi connectivity index (χ2v) is 3.57. The Labute approximate surface area is 96.4 Å². The van der Waals surface area contributed by atoms with Gasteiger partial charge in [-0.2, -0.15) is 14.9 Å². The minimum atomic E-state index is -0.270. The van der Waals surface area contributed by atoms with E-state index in [1.807, 2.05) is 0 Å². The van der Waals surface area contributed by atoms with Crippen LogP contribution in [0.5, 0.6) is 0 Å². The highest BCUT2D eigenvalue weighted by Gasteiger charge is 1.97. The highest BCUT2D eigenvalue weighted by molar-refractivity contribution is 7.71. The van der Waals surface area contributed by atoms with Gasteiger partial charge in [0.05, 0.1) is 6.21 Å². The number of H-pyrrole nitrogens is 1. The molecule has 0 aliphatic rings. The molecular formula is C10H9FN4S. The summed E-state index contributed by atoms with van der Waals surface area (Å²) in [6, 6.07) is 6.03. The Morgan fingerprint density at radius 2 is 2.12 bits per heavy atom. The molecule has 0 spiro atoms. The summed E-state index contributed by atoms with van der Waals surface area (Å²) in [6.07, 6.45) is 1.60. The molecular weight excluding hydrogens is 227 g/mol. The lowest BCUT2D eigenvalue weighted by atomic mass is 10.2. The van der Waals surface area contributed by atoms with Crippen molar-refractivity contribution in [1.82, 2.24) is 14.9 Å². The van der Waals surface area contributed by atoms with E-state index in [0.717, 1.165) is 5.56 Å². The van der Waals surface area contributed by atoms with Crippen molar-refractivity contribution in [1.29, 1.82) is 0 Å². The number of hydrogen-bond donors (Lipinski definition) is 1. The molecule has 1 aromatic carbocycles. The van der Waals surface area contributed by atoms with Crippen LogP contribution in [-0.2, 0) is 0 Å². The molecule has 0 amide bonds. The van der Waals surface area contributed by atoms with Crippen LogP contribution in [0.1, 0.15) is 11.4 Å². The van der Waals surface area contributed by atoms with Crippen LogP contribution in [0.3, 0.4) is 0 Å². The lowest BCUT2D eigenvalue weighted by Crippen LogP contribution is -1.93. The number of aryl methyl sites for hydroxylation is 1. The van der Waals surface area contributed by atoms with E-state index >= 15 is 0 Å². The Kier molecular flexibility index (Phi) is 2.91. The molecule has 4 nitrogen and oxygen atoms in total. The molecule has 1 heterocycles. The monoisotopic (exact) mass is 236 g/mol. The fourth-order valence-electron chi connectivity index (χ4n) is 1.18. The Morgan fingerprint density at radius 1 is 1.44 bits per heavy atom. The first kappa shape index (κ1) is 10.7. The summed E-state index contributed by atoms with van der Waals surface area (Å²) in [5.74, 6) is 0.400. The van der Waals surface area contributed by atoms with Gasteiger partial charge in [-0.1, -0.05) is 12.1 Å². The van der Waals surface area contributed by atoms with Gasteiger partial charge in [0.1, 0.15) is 11.6 Å². The molecule has 0 saturated carbocycles. The predicted octanol–water partition coefficient (Wildman–Crippen LogP) is 2.27. The molecule has 6 heteroatoms. The van der Waals surface area contributed by atoms with E-state index in [2.05, 4.69) is 15.3 Å². The third-order valence-electron chi connectivity index (χ3n) is 2.00. The van der Waals surface area contributed by atoms with E-state index in [1.54, 1.807) is 25.3 Å². The summed E-state index contributed by atoms with van der Waals surface area (Å²) in [5, 5.41) is 10.7. The summed E-state index contributed by atoms with van der Waals surface area (Å²) in [5.41, 5.74) is 0.795. The standard InChI is InChI=1S/C10H9FN4S/c1-7-13-14-10(16)15(7)12-6-8-2-4-9(11)5-3-8/h2-6H,1H3,(H,14,16)/b12-6-. The molecule has 2 aromatic rings. The maximum absolute atomic E-state index is 12.6. The molecule has 0 aliphatic heterocycles. The van der Waals surface area contributed by atoms with E-state index < -0.39 is 0 Å². The Balaban J connectivity index is 2.28. The molecule has 2 rings (SSSR count). The van der Waals surface area contributed by atoms with Crippen molar-refractivity contribution < 1.29 is 4.39 Å². The minimum absolute atomic E-state index is 0.270. The summed E-state index contributed by atoms with van der Waals surface area (Å²) in [7, 11) is 0. The van der Waals surface area contributed by atoms with Crippen LogP contribution in [0.2, 0.25) is 0 Å². The van der Waals surface area contributed by atoms with Crippen molar-refractivity contribution in [3.63, 3.8) is 0 Å². The largest absolute Gasteiger partial charge is 0.250 e. The molecule has 1 N–H and O–H groups in total. The molecule has 0 saturated heterocycles. The van der Waals surface area contributed by atoms with Gasteiger partial charge in [-0.15, -0.1) is 0 Å². The van der Waals surface area contributed by atoms with Crippen LogP contribution in [0.4, 0.5) is 4.39 Å². The Hall–Kier alpha value is -1.82. The van der Waals surface area contributed by atoms with Crippen molar-refractivity contribution in [2.45, 2.75) is 6.92 Å². The maximum Gasteiger partial charge on any atom is 0.216 e. The zero-order valence-corrected chi connectivity index (χ0v) is 9.33. The zero-order chi connectivity index (χ0) is 11.5. The van der Waals surface area contributed by atoms with Crippen molar-refractivity contribution in [3.8, 4) is 0 Å². The summed E-state index contributed by atoms with van der Waals surface area (Å²) < 4.78 is 14.6. The third kappa shape index (κ3) is 2.22. The highest BCUT2D eigenvalue weighted by Crippen LogP contribution is 2.01. The maximum atomic E-state index is 12.6. The molecule has 0 fully saturated rings. The highest BCUT2D eigenvalue weighted by atomic mass is 32.1. The van der Waals surface area contributed by atoms with Crippen molar-refractivity contribution in [3.05, 3.63) is 46.2 Å². The van der Waals surface area contributed by atoms with Crippen molar-refractivity contribution in [2.24, 2.45) is 5.10 Å². The van der Waals surface area contributed by atoms with Gasteiger partial charge in [0.25, 0.3) is 0 Å². The van der Waals surface area contributed by atoms with Crippen molar-refractivity contribution >= 4 is 18.4 Å². The first-order valence-corrected chi connectivity index (χ1v) is 5.01. The Bertz CT molecular complexity index is 567. The number of hydrogen-bond acceptors (Lipinski definition) is 3. The average Bonchev–Trinajstić information content (AvgIpc) is 2.59. The number of nitrogens with one attached hydrogen (secondary N) is 1. The van der Waals surface area contributed by atoms with E-state index in [1.165, 1.54) is 16.8 Å². The molecule has 0 radical (unpaired) electrons. The lowest BCUT2D eigenvalue weighted by Gasteiger charge is -1.94. The van der Waals surface area contributed by atoms with Gasteiger partial charge in [-0.25, -0.2) is 4.39 Å². The van der Waals surface area contributed by atoms with Gasteiger partial charge in [0.15, 0.2) is 0 Å². The fraction of sp³-hybridized carbons (Fsp3) is 0.100. The van der Waals surface area contributed by atoms with E-state index in [-0.39, 0.29) is 5.82 Å². The number of aromatic amines is 1. The van der Waals surface area contributed by atoms with Crippen molar-refractivity contribution in [2.75, 3.05) is 0 Å². The Morgan fingerprint density at radius 3 is 2.69 bits per heavy atom. The van der Waals surface area contributed by atoms with Crippen LogP contribution in [0, 0.1) is 17.5 Å². The van der Waals surface area contributed by atoms with E-state index in [0.29, 0.717) is 10.6 Å². The van der Waals surface area contributed by atoms with Gasteiger partial charge in [-0.05, 0) is 36.8 Å². The number of benzene rings is 1. The molecule has 82 valence electrons. The third-order valence-corrected chi connectivity index (χ3v) is 2.27. The lowest BCUT2D eigenvalue weighted by molar-refractivity contribution is 0.628. The quantitative estimate of drug-likeness (QED) is 0.642. The second-order valence-electron chi connectivity index (χ2n) is 3.18. The number of halogens is 1. The van der Waals surface area contributed by atoms with Gasteiger partial charge in [-0.3, -0.25) is 5.10 Å². The first-order chi connectivity index (χ1) is 7.66. The molecule has 16 heavy (non-hydrogen) atoms. The van der Waals surface area contributed by atoms with Crippen LogP contribution >= 0.6 is 12.2 Å². The number of aromatic nitrogens is 3. The van der Waals surface area contributed by atoms with Crippen LogP contribution < -0.4 is 0 Å². The van der Waals surface area contributed by atoms with Gasteiger partial charge in [0.2, 0.25) is 4.77 Å². The molecule has 0 bridgehead atoms. The first-order valence-electron chi connectivity index (χ1n) is 4.61. The van der Waals surface area contributed by atoms with Gasteiger partial charge >= 0.3 is 0 Å². The molecule has 0 aliphatic carbocycles. The van der Waals surface area contributed by atoms with Crippen LogP contribution in [0.15, 0.2) is 29.4 Å². The normalized spacial score (nSPS) is 11.1. The number of nitrogens with zero attached hydrogens (tertiary/aromatic N) is 3. The summed E-state index contributed by atoms with van der Waals surface area (Å²) in [6.45, 7) is 1.79. The SMILES string of the molecule is Cc1n[nH]c(=S)n1/N=C\c1ccc(F)cc1. The van der Waals surface area contributed by atoms with Gasteiger partial charge < -0.3 is 0 Å². The van der Waals surface area contributed by atoms with E-state index in [4.69, 9.17) is 12.2 Å². The fourth-order valence-corrected chi connectivity index (χ4v) is 1.40. The van der Waals surface area contributed by atoms with Gasteiger partial charge in [0, 0.05) is 0 Å². The molecule has 1 aromatic heterocycles. The average molecular weight is 236 g/mol. The zero-order valence-electron chi connectivity index (χ0n) is 8.51. The molecule has 0 atom stereocenters. The second kappa shape index (κ2) is 4.36. The predicted molar refractivity (Wildman–Crippen MR) is 61.5 cm³/mol.